The summed E-state index contributed by atoms with van der Waals surface area (Å²) in [6, 6.07) is 5.73. The zero-order valence-electron chi connectivity index (χ0n) is 11.7. The summed E-state index contributed by atoms with van der Waals surface area (Å²) >= 11 is 0. The Balaban J connectivity index is 2.25. The molecule has 100 valence electrons. The number of rotatable bonds is 1. The van der Waals surface area contributed by atoms with Gasteiger partial charge in [0.15, 0.2) is 0 Å². The first kappa shape index (κ1) is 12.2. The topological polar surface area (TPSA) is 46.9 Å². The van der Waals surface area contributed by atoms with Gasteiger partial charge in [0.25, 0.3) is 5.56 Å². The molecule has 0 radical (unpaired) electrons. The molecule has 4 nitrogen and oxygen atoms in total. The van der Waals surface area contributed by atoms with E-state index in [9.17, 15) is 4.79 Å². The van der Waals surface area contributed by atoms with E-state index in [1.165, 1.54) is 0 Å². The minimum atomic E-state index is 0.0930. The van der Waals surface area contributed by atoms with Gasteiger partial charge in [-0.05, 0) is 30.0 Å². The van der Waals surface area contributed by atoms with Gasteiger partial charge in [-0.3, -0.25) is 9.36 Å². The Bertz CT molecular complexity index is 700. The molecule has 4 heteroatoms. The predicted molar refractivity (Wildman–Crippen MR) is 77.7 cm³/mol. The first-order valence-electron chi connectivity index (χ1n) is 6.71. The lowest BCUT2D eigenvalue weighted by molar-refractivity contribution is 0.240. The molecule has 1 aliphatic rings. The quantitative estimate of drug-likeness (QED) is 0.853. The van der Waals surface area contributed by atoms with E-state index in [2.05, 4.69) is 24.1 Å². The fourth-order valence-electron chi connectivity index (χ4n) is 2.73. The van der Waals surface area contributed by atoms with Crippen molar-refractivity contribution in [3.05, 3.63) is 34.4 Å². The molecule has 0 saturated carbocycles. The molecule has 2 aromatic rings. The van der Waals surface area contributed by atoms with Crippen molar-refractivity contribution >= 4 is 16.6 Å². The Morgan fingerprint density at radius 2 is 2.16 bits per heavy atom. The zero-order chi connectivity index (χ0) is 13.6. The highest BCUT2D eigenvalue weighted by molar-refractivity contribution is 5.81. The van der Waals surface area contributed by atoms with Crippen molar-refractivity contribution in [1.29, 1.82) is 0 Å². The number of nitrogens with one attached hydrogen (secondary N) is 1. The standard InChI is InChI=1S/C15H19N3O/c1-15(2)7-6-13-17-12-8-10(16-3)4-5-11(12)14(19)18(13)9-15/h4-5,8,16H,6-7,9H2,1-3H3. The third-order valence-electron chi connectivity index (χ3n) is 3.93. The molecule has 0 atom stereocenters. The van der Waals surface area contributed by atoms with Crippen LogP contribution in [-0.4, -0.2) is 16.6 Å². The Morgan fingerprint density at radius 1 is 1.37 bits per heavy atom. The minimum absolute atomic E-state index is 0.0930. The molecule has 3 rings (SSSR count). The van der Waals surface area contributed by atoms with Gasteiger partial charge in [-0.15, -0.1) is 0 Å². The number of aryl methyl sites for hydroxylation is 1. The largest absolute Gasteiger partial charge is 0.388 e. The molecule has 1 aromatic carbocycles. The number of benzene rings is 1. The van der Waals surface area contributed by atoms with Gasteiger partial charge in [0.2, 0.25) is 0 Å². The van der Waals surface area contributed by atoms with Crippen molar-refractivity contribution in [1.82, 2.24) is 9.55 Å². The molecule has 0 amide bonds. The lowest BCUT2D eigenvalue weighted by Gasteiger charge is -2.31. The molecule has 0 fully saturated rings. The van der Waals surface area contributed by atoms with Crippen LogP contribution >= 0.6 is 0 Å². The molecule has 0 bridgehead atoms. The van der Waals surface area contributed by atoms with Crippen LogP contribution in [0.2, 0.25) is 0 Å². The van der Waals surface area contributed by atoms with Gasteiger partial charge < -0.3 is 5.32 Å². The fraction of sp³-hybridized carbons (Fsp3) is 0.467. The number of nitrogens with zero attached hydrogens (tertiary/aromatic N) is 2. The van der Waals surface area contributed by atoms with Gasteiger partial charge in [-0.25, -0.2) is 4.98 Å². The van der Waals surface area contributed by atoms with E-state index in [1.807, 2.05) is 29.8 Å². The lowest BCUT2D eigenvalue weighted by atomic mass is 9.85. The monoisotopic (exact) mass is 257 g/mol. The minimum Gasteiger partial charge on any atom is -0.388 e. The smallest absolute Gasteiger partial charge is 0.261 e. The molecule has 2 heterocycles. The molecule has 19 heavy (non-hydrogen) atoms. The summed E-state index contributed by atoms with van der Waals surface area (Å²) in [4.78, 5) is 17.2. The molecule has 0 aliphatic carbocycles. The summed E-state index contributed by atoms with van der Waals surface area (Å²) in [6.45, 7) is 5.17. The van der Waals surface area contributed by atoms with E-state index >= 15 is 0 Å². The van der Waals surface area contributed by atoms with Gasteiger partial charge >= 0.3 is 0 Å². The van der Waals surface area contributed by atoms with Crippen LogP contribution in [0.4, 0.5) is 5.69 Å². The van der Waals surface area contributed by atoms with Crippen LogP contribution in [0.3, 0.4) is 0 Å². The maximum absolute atomic E-state index is 12.6. The molecular formula is C15H19N3O. The highest BCUT2D eigenvalue weighted by Crippen LogP contribution is 2.29. The fourth-order valence-corrected chi connectivity index (χ4v) is 2.73. The van der Waals surface area contributed by atoms with Crippen LogP contribution in [0.5, 0.6) is 0 Å². The normalized spacial score (nSPS) is 17.2. The van der Waals surface area contributed by atoms with E-state index < -0.39 is 0 Å². The molecular weight excluding hydrogens is 238 g/mol. The summed E-state index contributed by atoms with van der Waals surface area (Å²) < 4.78 is 1.85. The van der Waals surface area contributed by atoms with Crippen molar-refractivity contribution in [2.45, 2.75) is 33.2 Å². The molecule has 0 spiro atoms. The second kappa shape index (κ2) is 4.08. The molecule has 1 aromatic heterocycles. The van der Waals surface area contributed by atoms with Gasteiger partial charge in [-0.2, -0.15) is 0 Å². The Labute approximate surface area is 112 Å². The van der Waals surface area contributed by atoms with Gasteiger partial charge in [0, 0.05) is 25.7 Å². The Hall–Kier alpha value is -1.84. The third kappa shape index (κ3) is 2.01. The first-order chi connectivity index (χ1) is 9.00. The van der Waals surface area contributed by atoms with E-state index in [0.717, 1.165) is 36.4 Å². The highest BCUT2D eigenvalue weighted by Gasteiger charge is 2.27. The van der Waals surface area contributed by atoms with Crippen LogP contribution in [0.25, 0.3) is 10.9 Å². The van der Waals surface area contributed by atoms with Gasteiger partial charge in [0.05, 0.1) is 10.9 Å². The van der Waals surface area contributed by atoms with E-state index in [4.69, 9.17) is 0 Å². The summed E-state index contributed by atoms with van der Waals surface area (Å²) in [5, 5.41) is 3.79. The number of aromatic nitrogens is 2. The summed E-state index contributed by atoms with van der Waals surface area (Å²) in [6.07, 6.45) is 1.96. The molecule has 0 unspecified atom stereocenters. The van der Waals surface area contributed by atoms with Crippen molar-refractivity contribution in [3.63, 3.8) is 0 Å². The number of anilines is 1. The predicted octanol–water partition coefficient (Wildman–Crippen LogP) is 2.41. The summed E-state index contributed by atoms with van der Waals surface area (Å²) in [5.74, 6) is 0.921. The van der Waals surface area contributed by atoms with Crippen LogP contribution in [-0.2, 0) is 13.0 Å². The second-order valence-electron chi connectivity index (χ2n) is 6.07. The number of hydrogen-bond acceptors (Lipinski definition) is 3. The zero-order valence-corrected chi connectivity index (χ0v) is 11.7. The van der Waals surface area contributed by atoms with Crippen LogP contribution in [0.1, 0.15) is 26.1 Å². The average molecular weight is 257 g/mol. The van der Waals surface area contributed by atoms with Crippen LogP contribution in [0.15, 0.2) is 23.0 Å². The summed E-state index contributed by atoms with van der Waals surface area (Å²) in [5.41, 5.74) is 2.05. The van der Waals surface area contributed by atoms with E-state index in [0.29, 0.717) is 5.39 Å². The summed E-state index contributed by atoms with van der Waals surface area (Å²) in [7, 11) is 1.87. The molecule has 1 aliphatic heterocycles. The Morgan fingerprint density at radius 3 is 2.89 bits per heavy atom. The van der Waals surface area contributed by atoms with Crippen molar-refractivity contribution < 1.29 is 0 Å². The first-order valence-corrected chi connectivity index (χ1v) is 6.71. The van der Waals surface area contributed by atoms with Crippen LogP contribution < -0.4 is 10.9 Å². The highest BCUT2D eigenvalue weighted by atomic mass is 16.1. The third-order valence-corrected chi connectivity index (χ3v) is 3.93. The van der Waals surface area contributed by atoms with E-state index in [1.54, 1.807) is 0 Å². The SMILES string of the molecule is CNc1ccc2c(=O)n3c(nc2c1)CCC(C)(C)C3. The molecule has 0 saturated heterocycles. The Kier molecular flexibility index (Phi) is 2.62. The lowest BCUT2D eigenvalue weighted by Crippen LogP contribution is -2.36. The van der Waals surface area contributed by atoms with Crippen molar-refractivity contribution in [2.75, 3.05) is 12.4 Å². The van der Waals surface area contributed by atoms with Gasteiger partial charge in [-0.1, -0.05) is 13.8 Å². The average Bonchev–Trinajstić information content (AvgIpc) is 2.39. The number of hydrogen-bond donors (Lipinski definition) is 1. The maximum atomic E-state index is 12.6. The maximum Gasteiger partial charge on any atom is 0.261 e. The second-order valence-corrected chi connectivity index (χ2v) is 6.07. The van der Waals surface area contributed by atoms with Gasteiger partial charge in [0.1, 0.15) is 5.82 Å². The number of fused-ring (bicyclic) bond motifs is 2. The molecule has 1 N–H and O–H groups in total. The van der Waals surface area contributed by atoms with Crippen molar-refractivity contribution in [3.8, 4) is 0 Å². The van der Waals surface area contributed by atoms with E-state index in [-0.39, 0.29) is 11.0 Å². The van der Waals surface area contributed by atoms with Crippen LogP contribution in [0, 0.1) is 5.41 Å². The van der Waals surface area contributed by atoms with Crippen molar-refractivity contribution in [2.24, 2.45) is 5.41 Å².